The smallest absolute Gasteiger partial charge is 0.355 e. The van der Waals surface area contributed by atoms with E-state index in [2.05, 4.69) is 10.3 Å². The highest BCUT2D eigenvalue weighted by atomic mass is 16.5. The molecular formula is C24H33N3O5. The molecule has 1 aromatic heterocycles. The number of H-pyrrole nitrogens is 1. The number of aromatic nitrogens is 1. The van der Waals surface area contributed by atoms with Gasteiger partial charge in [0, 0.05) is 31.9 Å². The second-order valence-electron chi connectivity index (χ2n) is 7.97. The van der Waals surface area contributed by atoms with Crippen LogP contribution in [-0.2, 0) is 22.6 Å². The van der Waals surface area contributed by atoms with Crippen LogP contribution in [0, 0.1) is 13.8 Å². The first-order valence-electron chi connectivity index (χ1n) is 11.0. The van der Waals surface area contributed by atoms with Crippen LogP contribution in [0.4, 0.5) is 4.79 Å². The summed E-state index contributed by atoms with van der Waals surface area (Å²) < 4.78 is 16.0. The molecule has 2 heterocycles. The third-order valence-electron chi connectivity index (χ3n) is 5.75. The molecule has 0 saturated carbocycles. The van der Waals surface area contributed by atoms with Crippen molar-refractivity contribution in [1.82, 2.24) is 15.2 Å². The molecule has 2 aromatic rings. The van der Waals surface area contributed by atoms with Crippen LogP contribution in [0.3, 0.4) is 0 Å². The number of esters is 1. The summed E-state index contributed by atoms with van der Waals surface area (Å²) in [5.74, 6) is 0.378. The van der Waals surface area contributed by atoms with Gasteiger partial charge < -0.3 is 29.4 Å². The zero-order chi connectivity index (χ0) is 23.1. The van der Waals surface area contributed by atoms with Crippen molar-refractivity contribution in [2.45, 2.75) is 52.8 Å². The van der Waals surface area contributed by atoms with Gasteiger partial charge in [-0.1, -0.05) is 12.1 Å². The number of ether oxygens (including phenoxy) is 3. The van der Waals surface area contributed by atoms with Crippen LogP contribution in [0.15, 0.2) is 24.3 Å². The summed E-state index contributed by atoms with van der Waals surface area (Å²) in [5, 5.41) is 3.01. The van der Waals surface area contributed by atoms with Crippen molar-refractivity contribution in [2.75, 3.05) is 26.9 Å². The topological polar surface area (TPSA) is 92.9 Å². The highest BCUT2D eigenvalue weighted by molar-refractivity contribution is 5.89. The van der Waals surface area contributed by atoms with Crippen LogP contribution in [0.1, 0.15) is 52.6 Å². The van der Waals surface area contributed by atoms with Gasteiger partial charge in [0.15, 0.2) is 0 Å². The van der Waals surface area contributed by atoms with Gasteiger partial charge in [0.2, 0.25) is 0 Å². The third kappa shape index (κ3) is 5.82. The fourth-order valence-corrected chi connectivity index (χ4v) is 3.89. The predicted molar refractivity (Wildman–Crippen MR) is 121 cm³/mol. The Bertz CT molecular complexity index is 916. The van der Waals surface area contributed by atoms with Crippen molar-refractivity contribution in [2.24, 2.45) is 0 Å². The predicted octanol–water partition coefficient (Wildman–Crippen LogP) is 3.71. The van der Waals surface area contributed by atoms with Crippen LogP contribution < -0.4 is 10.1 Å². The number of hydrogen-bond donors (Lipinski definition) is 2. The summed E-state index contributed by atoms with van der Waals surface area (Å²) >= 11 is 0. The molecule has 1 aromatic carbocycles. The van der Waals surface area contributed by atoms with Crippen molar-refractivity contribution in [1.29, 1.82) is 0 Å². The molecule has 1 fully saturated rings. The summed E-state index contributed by atoms with van der Waals surface area (Å²) in [4.78, 5) is 30.3. The van der Waals surface area contributed by atoms with E-state index in [-0.39, 0.29) is 18.1 Å². The number of nitrogens with one attached hydrogen (secondary N) is 2. The highest BCUT2D eigenvalue weighted by Crippen LogP contribution is 2.22. The third-order valence-corrected chi connectivity index (χ3v) is 5.75. The molecule has 8 nitrogen and oxygen atoms in total. The van der Waals surface area contributed by atoms with E-state index in [0.29, 0.717) is 31.9 Å². The van der Waals surface area contributed by atoms with Crippen LogP contribution in [0.25, 0.3) is 0 Å². The molecule has 2 N–H and O–H groups in total. The van der Waals surface area contributed by atoms with Gasteiger partial charge in [0.05, 0.1) is 19.8 Å². The zero-order valence-electron chi connectivity index (χ0n) is 19.3. The van der Waals surface area contributed by atoms with E-state index in [1.54, 1.807) is 18.9 Å². The molecule has 174 valence electrons. The van der Waals surface area contributed by atoms with E-state index in [9.17, 15) is 9.59 Å². The summed E-state index contributed by atoms with van der Waals surface area (Å²) in [5.41, 5.74) is 3.97. The van der Waals surface area contributed by atoms with Gasteiger partial charge >= 0.3 is 12.0 Å². The van der Waals surface area contributed by atoms with Crippen molar-refractivity contribution < 1.29 is 23.8 Å². The van der Waals surface area contributed by atoms with Gasteiger partial charge in [0.25, 0.3) is 0 Å². The Labute approximate surface area is 189 Å². The molecule has 0 aliphatic carbocycles. The van der Waals surface area contributed by atoms with Crippen molar-refractivity contribution in [3.8, 4) is 5.75 Å². The quantitative estimate of drug-likeness (QED) is 0.577. The maximum absolute atomic E-state index is 13.1. The van der Waals surface area contributed by atoms with Crippen LogP contribution in [0.5, 0.6) is 5.75 Å². The summed E-state index contributed by atoms with van der Waals surface area (Å²) in [6.45, 7) is 7.87. The second-order valence-corrected chi connectivity index (χ2v) is 7.97. The van der Waals surface area contributed by atoms with E-state index in [1.165, 1.54) is 0 Å². The molecule has 1 saturated heterocycles. The molecule has 1 aliphatic rings. The fourth-order valence-electron chi connectivity index (χ4n) is 3.89. The minimum absolute atomic E-state index is 0.0629. The minimum Gasteiger partial charge on any atom is -0.497 e. The Morgan fingerprint density at radius 1 is 1.22 bits per heavy atom. The van der Waals surface area contributed by atoms with Crippen molar-refractivity contribution >= 4 is 12.0 Å². The Morgan fingerprint density at radius 3 is 2.59 bits per heavy atom. The molecule has 0 radical (unpaired) electrons. The van der Waals surface area contributed by atoms with Crippen LogP contribution in [-0.4, -0.2) is 54.9 Å². The number of urea groups is 1. The molecule has 1 aliphatic heterocycles. The normalized spacial score (nSPS) is 15.4. The SMILES string of the molecule is CCOC(=O)c1[nH]c(C)c(CN(Cc2ccc(OC)cc2)C(=O)NC[C@@H]2CCCO2)c1C. The maximum Gasteiger partial charge on any atom is 0.355 e. The number of hydrogen-bond acceptors (Lipinski definition) is 5. The number of benzene rings is 1. The molecule has 8 heteroatoms. The number of aromatic amines is 1. The average molecular weight is 444 g/mol. The maximum atomic E-state index is 13.1. The lowest BCUT2D eigenvalue weighted by molar-refractivity contribution is 0.0519. The summed E-state index contributed by atoms with van der Waals surface area (Å²) in [6, 6.07) is 7.47. The molecule has 3 rings (SSSR count). The molecule has 0 unspecified atom stereocenters. The fraction of sp³-hybridized carbons (Fsp3) is 0.500. The van der Waals surface area contributed by atoms with Crippen LogP contribution >= 0.6 is 0 Å². The van der Waals surface area contributed by atoms with Crippen molar-refractivity contribution in [3.05, 3.63) is 52.3 Å². The number of nitrogens with zero attached hydrogens (tertiary/aromatic N) is 1. The monoisotopic (exact) mass is 443 g/mol. The number of amides is 2. The zero-order valence-corrected chi connectivity index (χ0v) is 19.3. The lowest BCUT2D eigenvalue weighted by atomic mass is 10.1. The molecule has 0 spiro atoms. The van der Waals surface area contributed by atoms with Gasteiger partial charge in [-0.15, -0.1) is 0 Å². The first-order valence-corrected chi connectivity index (χ1v) is 11.0. The first kappa shape index (κ1) is 23.7. The Morgan fingerprint density at radius 2 is 1.97 bits per heavy atom. The lowest BCUT2D eigenvalue weighted by Gasteiger charge is -2.25. The number of rotatable bonds is 9. The van der Waals surface area contributed by atoms with E-state index < -0.39 is 0 Å². The van der Waals surface area contributed by atoms with E-state index in [1.807, 2.05) is 38.1 Å². The number of methoxy groups -OCH3 is 1. The molecular weight excluding hydrogens is 410 g/mol. The molecule has 0 bridgehead atoms. The number of carbonyl (C=O) groups excluding carboxylic acids is 2. The van der Waals surface area contributed by atoms with Crippen molar-refractivity contribution in [3.63, 3.8) is 0 Å². The van der Waals surface area contributed by atoms with E-state index in [4.69, 9.17) is 14.2 Å². The highest BCUT2D eigenvalue weighted by Gasteiger charge is 2.24. The van der Waals surface area contributed by atoms with Gasteiger partial charge in [-0.25, -0.2) is 9.59 Å². The Balaban J connectivity index is 1.79. The van der Waals surface area contributed by atoms with E-state index in [0.717, 1.165) is 47.6 Å². The minimum atomic E-state index is -0.385. The van der Waals surface area contributed by atoms with Gasteiger partial charge in [-0.2, -0.15) is 0 Å². The second kappa shape index (κ2) is 11.0. The van der Waals surface area contributed by atoms with E-state index >= 15 is 0 Å². The van der Waals surface area contributed by atoms with Gasteiger partial charge in [0.1, 0.15) is 11.4 Å². The Hall–Kier alpha value is -3.00. The van der Waals surface area contributed by atoms with Crippen LogP contribution in [0.2, 0.25) is 0 Å². The molecule has 2 amide bonds. The first-order chi connectivity index (χ1) is 15.4. The lowest BCUT2D eigenvalue weighted by Crippen LogP contribution is -2.42. The number of carbonyl (C=O) groups is 2. The summed E-state index contributed by atoms with van der Waals surface area (Å²) in [7, 11) is 1.62. The van der Waals surface area contributed by atoms with Gasteiger partial charge in [-0.3, -0.25) is 0 Å². The molecule has 1 atom stereocenters. The average Bonchev–Trinajstić information content (AvgIpc) is 3.41. The molecule has 32 heavy (non-hydrogen) atoms. The Kier molecular flexibility index (Phi) is 8.16. The van der Waals surface area contributed by atoms with Gasteiger partial charge in [-0.05, 0) is 62.4 Å². The largest absolute Gasteiger partial charge is 0.497 e. The summed E-state index contributed by atoms with van der Waals surface area (Å²) in [6.07, 6.45) is 2.04. The standard InChI is InChI=1S/C24H33N3O5/c1-5-31-23(28)22-16(2)21(17(3)26-22)15-27(14-18-8-10-19(30-4)11-9-18)24(29)25-13-20-7-6-12-32-20/h8-11,20,26H,5-7,12-15H2,1-4H3,(H,25,29)/t20-/m0/s1. The number of aryl methyl sites for hydroxylation is 1.